The van der Waals surface area contributed by atoms with E-state index in [0.29, 0.717) is 19.4 Å². The van der Waals surface area contributed by atoms with Crippen molar-refractivity contribution < 1.29 is 33.4 Å². The number of amides is 1. The van der Waals surface area contributed by atoms with Crippen LogP contribution in [0.25, 0.3) is 0 Å². The van der Waals surface area contributed by atoms with E-state index in [1.807, 2.05) is 30.3 Å². The van der Waals surface area contributed by atoms with Gasteiger partial charge in [-0.25, -0.2) is 4.79 Å². The number of rotatable bonds is 11. The van der Waals surface area contributed by atoms with Gasteiger partial charge in [0.05, 0.1) is 32.3 Å². The first-order valence-corrected chi connectivity index (χ1v) is 10.9. The summed E-state index contributed by atoms with van der Waals surface area (Å²) in [4.78, 5) is 52.8. The Morgan fingerprint density at radius 2 is 1.59 bits per heavy atom. The molecule has 1 aromatic rings. The number of carbonyl (C=O) groups is 4. The Labute approximate surface area is 188 Å². The smallest absolute Gasteiger partial charge is 0.329 e. The van der Waals surface area contributed by atoms with Crippen molar-refractivity contribution in [2.75, 3.05) is 32.8 Å². The van der Waals surface area contributed by atoms with E-state index in [4.69, 9.17) is 14.2 Å². The maximum atomic E-state index is 13.2. The van der Waals surface area contributed by atoms with Gasteiger partial charge in [-0.3, -0.25) is 19.3 Å². The van der Waals surface area contributed by atoms with E-state index in [1.54, 1.807) is 20.8 Å². The summed E-state index contributed by atoms with van der Waals surface area (Å²) in [5, 5.41) is 0. The average Bonchev–Trinajstić information content (AvgIpc) is 3.27. The number of benzene rings is 1. The summed E-state index contributed by atoms with van der Waals surface area (Å²) in [5.41, 5.74) is 0.861. The van der Waals surface area contributed by atoms with Crippen LogP contribution in [0.2, 0.25) is 0 Å². The number of esters is 3. The van der Waals surface area contributed by atoms with Crippen molar-refractivity contribution in [2.45, 2.75) is 52.3 Å². The van der Waals surface area contributed by atoms with Crippen LogP contribution in [0.3, 0.4) is 0 Å². The van der Waals surface area contributed by atoms with Gasteiger partial charge in [-0.1, -0.05) is 30.3 Å². The van der Waals surface area contributed by atoms with E-state index in [0.717, 1.165) is 5.56 Å². The van der Waals surface area contributed by atoms with Gasteiger partial charge in [0.2, 0.25) is 5.91 Å². The predicted molar refractivity (Wildman–Crippen MR) is 115 cm³/mol. The van der Waals surface area contributed by atoms with Crippen LogP contribution in [0.5, 0.6) is 0 Å². The van der Waals surface area contributed by atoms with E-state index in [-0.39, 0.29) is 38.8 Å². The maximum Gasteiger partial charge on any atom is 0.329 e. The van der Waals surface area contributed by atoms with Crippen LogP contribution >= 0.6 is 0 Å². The van der Waals surface area contributed by atoms with Crippen molar-refractivity contribution in [1.82, 2.24) is 9.80 Å². The highest BCUT2D eigenvalue weighted by molar-refractivity contribution is 5.89. The lowest BCUT2D eigenvalue weighted by atomic mass is 10.2. The fourth-order valence-electron chi connectivity index (χ4n) is 3.57. The van der Waals surface area contributed by atoms with Gasteiger partial charge < -0.3 is 19.1 Å². The van der Waals surface area contributed by atoms with E-state index >= 15 is 0 Å². The lowest BCUT2D eigenvalue weighted by molar-refractivity contribution is -0.158. The predicted octanol–water partition coefficient (Wildman–Crippen LogP) is 1.54. The molecule has 0 unspecified atom stereocenters. The molecule has 1 aromatic carbocycles. The number of ether oxygens (including phenoxy) is 3. The monoisotopic (exact) mass is 448 g/mol. The molecule has 0 N–H and O–H groups in total. The summed E-state index contributed by atoms with van der Waals surface area (Å²) >= 11 is 0. The topological polar surface area (TPSA) is 102 Å². The number of carbonyl (C=O) groups excluding carboxylic acids is 4. The van der Waals surface area contributed by atoms with Crippen LogP contribution in [-0.4, -0.2) is 78.5 Å². The minimum Gasteiger partial charge on any atom is -0.465 e. The van der Waals surface area contributed by atoms with Crippen LogP contribution in [0, 0.1) is 0 Å². The first-order valence-electron chi connectivity index (χ1n) is 10.9. The van der Waals surface area contributed by atoms with Gasteiger partial charge in [-0.15, -0.1) is 0 Å². The molecule has 2 rings (SSSR count). The van der Waals surface area contributed by atoms with Crippen LogP contribution in [-0.2, 0) is 40.0 Å². The van der Waals surface area contributed by atoms with Crippen LogP contribution in [0.4, 0.5) is 0 Å². The molecule has 32 heavy (non-hydrogen) atoms. The van der Waals surface area contributed by atoms with Gasteiger partial charge in [0.25, 0.3) is 0 Å². The molecule has 1 saturated heterocycles. The number of nitrogens with zero attached hydrogens (tertiary/aromatic N) is 2. The molecule has 0 spiro atoms. The lowest BCUT2D eigenvalue weighted by Crippen LogP contribution is -2.53. The SMILES string of the molecule is CCOC(=O)CN(CC(=O)OCC)[C@@H](C)C(=O)N1CCC[C@H]1C(=O)OCc1ccccc1. The highest BCUT2D eigenvalue weighted by atomic mass is 16.5. The Morgan fingerprint density at radius 3 is 2.16 bits per heavy atom. The fraction of sp³-hybridized carbons (Fsp3) is 0.565. The van der Waals surface area contributed by atoms with Crippen molar-refractivity contribution >= 4 is 23.8 Å². The Morgan fingerprint density at radius 1 is 1.00 bits per heavy atom. The zero-order valence-corrected chi connectivity index (χ0v) is 19.0. The molecule has 2 atom stereocenters. The van der Waals surface area contributed by atoms with Crippen molar-refractivity contribution in [3.63, 3.8) is 0 Å². The minimum atomic E-state index is -0.827. The van der Waals surface area contributed by atoms with Crippen molar-refractivity contribution in [3.05, 3.63) is 35.9 Å². The first-order chi connectivity index (χ1) is 15.4. The third-order valence-corrected chi connectivity index (χ3v) is 5.21. The van der Waals surface area contributed by atoms with E-state index in [1.165, 1.54) is 9.80 Å². The summed E-state index contributed by atoms with van der Waals surface area (Å²) in [6.45, 7) is 5.40. The molecule has 1 fully saturated rings. The lowest BCUT2D eigenvalue weighted by Gasteiger charge is -2.31. The van der Waals surface area contributed by atoms with E-state index in [2.05, 4.69) is 0 Å². The number of hydrogen-bond acceptors (Lipinski definition) is 8. The molecule has 1 heterocycles. The molecule has 0 aromatic heterocycles. The molecule has 1 amide bonds. The minimum absolute atomic E-state index is 0.131. The van der Waals surface area contributed by atoms with Gasteiger partial charge in [0.1, 0.15) is 12.6 Å². The van der Waals surface area contributed by atoms with E-state index < -0.39 is 30.0 Å². The van der Waals surface area contributed by atoms with Gasteiger partial charge in [-0.05, 0) is 39.2 Å². The summed E-state index contributed by atoms with van der Waals surface area (Å²) in [7, 11) is 0. The zero-order valence-electron chi connectivity index (χ0n) is 19.0. The molecule has 0 aliphatic carbocycles. The van der Waals surface area contributed by atoms with Crippen LogP contribution < -0.4 is 0 Å². The quantitative estimate of drug-likeness (QED) is 0.371. The highest BCUT2D eigenvalue weighted by Gasteiger charge is 2.39. The third kappa shape index (κ3) is 7.33. The number of likely N-dealkylation sites (tertiary alicyclic amines) is 1. The third-order valence-electron chi connectivity index (χ3n) is 5.21. The second-order valence-corrected chi connectivity index (χ2v) is 7.47. The van der Waals surface area contributed by atoms with Crippen LogP contribution in [0.15, 0.2) is 30.3 Å². The Bertz CT molecular complexity index is 764. The molecule has 1 aliphatic heterocycles. The first kappa shape index (κ1) is 25.3. The Balaban J connectivity index is 2.05. The molecule has 1 aliphatic rings. The van der Waals surface area contributed by atoms with Gasteiger partial charge >= 0.3 is 17.9 Å². The summed E-state index contributed by atoms with van der Waals surface area (Å²) in [6, 6.07) is 7.79. The molecule has 9 heteroatoms. The average molecular weight is 449 g/mol. The number of hydrogen-bond donors (Lipinski definition) is 0. The second-order valence-electron chi connectivity index (χ2n) is 7.47. The Hall–Kier alpha value is -2.94. The molecule has 9 nitrogen and oxygen atoms in total. The summed E-state index contributed by atoms with van der Waals surface area (Å²) in [5.74, 6) is -1.90. The highest BCUT2D eigenvalue weighted by Crippen LogP contribution is 2.21. The fourth-order valence-corrected chi connectivity index (χ4v) is 3.57. The van der Waals surface area contributed by atoms with Crippen molar-refractivity contribution in [1.29, 1.82) is 0 Å². The van der Waals surface area contributed by atoms with Gasteiger partial charge in [0, 0.05) is 6.54 Å². The largest absolute Gasteiger partial charge is 0.465 e. The Kier molecular flexibility index (Phi) is 10.1. The molecule has 0 bridgehead atoms. The molecule has 0 saturated carbocycles. The van der Waals surface area contributed by atoms with Crippen molar-refractivity contribution in [2.24, 2.45) is 0 Å². The summed E-state index contributed by atoms with van der Waals surface area (Å²) in [6.07, 6.45) is 1.17. The summed E-state index contributed by atoms with van der Waals surface area (Å²) < 4.78 is 15.4. The normalized spacial score (nSPS) is 16.5. The standard InChI is InChI=1S/C23H32N2O7/c1-4-30-20(26)14-24(15-21(27)31-5-2)17(3)22(28)25-13-9-12-19(25)23(29)32-16-18-10-7-6-8-11-18/h6-8,10-11,17,19H,4-5,9,12-16H2,1-3H3/t17-,19-/m0/s1. The maximum absolute atomic E-state index is 13.2. The van der Waals surface area contributed by atoms with Crippen LogP contribution in [0.1, 0.15) is 39.2 Å². The van der Waals surface area contributed by atoms with Gasteiger partial charge in [0.15, 0.2) is 0 Å². The van der Waals surface area contributed by atoms with Crippen molar-refractivity contribution in [3.8, 4) is 0 Å². The zero-order chi connectivity index (χ0) is 23.5. The molecular weight excluding hydrogens is 416 g/mol. The van der Waals surface area contributed by atoms with Gasteiger partial charge in [-0.2, -0.15) is 0 Å². The van der Waals surface area contributed by atoms with E-state index in [9.17, 15) is 19.2 Å². The molecular formula is C23H32N2O7. The molecule has 0 radical (unpaired) electrons. The second kappa shape index (κ2) is 12.8. The molecule has 176 valence electrons.